The SMILES string of the molecule is N#CC1(COc2ccc3c(Nc4ccc(Cl)nc4)nccc3c2)CCOC1. The largest absolute Gasteiger partial charge is 0.492 e. The number of halogens is 1. The molecule has 1 unspecified atom stereocenters. The van der Waals surface area contributed by atoms with Gasteiger partial charge in [0.05, 0.1) is 24.6 Å². The number of hydrogen-bond donors (Lipinski definition) is 1. The Hall–Kier alpha value is -2.88. The summed E-state index contributed by atoms with van der Waals surface area (Å²) in [6, 6.07) is 13.6. The average molecular weight is 381 g/mol. The average Bonchev–Trinajstić information content (AvgIpc) is 3.18. The van der Waals surface area contributed by atoms with Crippen LogP contribution in [-0.2, 0) is 4.74 Å². The zero-order valence-electron chi connectivity index (χ0n) is 14.5. The van der Waals surface area contributed by atoms with Crippen molar-refractivity contribution in [3.8, 4) is 11.8 Å². The molecule has 3 aromatic rings. The van der Waals surface area contributed by atoms with Gasteiger partial charge < -0.3 is 14.8 Å². The molecule has 1 aliphatic heterocycles. The standard InChI is InChI=1S/C20H17ClN4O2/c21-18-4-1-15(10-24-18)25-19-17-3-2-16(9-14(17)5-7-23-19)27-13-20(11-22)6-8-26-12-20/h1-5,7,9-10H,6,8,12-13H2,(H,23,25). The van der Waals surface area contributed by atoms with Crippen LogP contribution in [0.5, 0.6) is 5.75 Å². The van der Waals surface area contributed by atoms with E-state index in [2.05, 4.69) is 21.4 Å². The molecule has 1 N–H and O–H groups in total. The molecule has 6 nitrogen and oxygen atoms in total. The van der Waals surface area contributed by atoms with Crippen molar-refractivity contribution in [3.05, 3.63) is 53.9 Å². The highest BCUT2D eigenvalue weighted by molar-refractivity contribution is 6.29. The molecular weight excluding hydrogens is 364 g/mol. The second kappa shape index (κ2) is 7.39. The number of nitrogens with zero attached hydrogens (tertiary/aromatic N) is 3. The van der Waals surface area contributed by atoms with Gasteiger partial charge in [0, 0.05) is 18.2 Å². The Morgan fingerprint density at radius 3 is 2.93 bits per heavy atom. The summed E-state index contributed by atoms with van der Waals surface area (Å²) in [7, 11) is 0. The van der Waals surface area contributed by atoms with Gasteiger partial charge in [-0.25, -0.2) is 9.97 Å². The summed E-state index contributed by atoms with van der Waals surface area (Å²) in [6.07, 6.45) is 4.09. The van der Waals surface area contributed by atoms with E-state index in [4.69, 9.17) is 21.1 Å². The van der Waals surface area contributed by atoms with Crippen LogP contribution in [0, 0.1) is 16.7 Å². The molecule has 0 amide bonds. The van der Waals surface area contributed by atoms with Crippen LogP contribution >= 0.6 is 11.6 Å². The summed E-state index contributed by atoms with van der Waals surface area (Å²) < 4.78 is 11.3. The quantitative estimate of drug-likeness (QED) is 0.663. The summed E-state index contributed by atoms with van der Waals surface area (Å²) >= 11 is 5.83. The molecule has 136 valence electrons. The Labute approximate surface area is 161 Å². The van der Waals surface area contributed by atoms with Crippen LogP contribution in [0.3, 0.4) is 0 Å². The summed E-state index contributed by atoms with van der Waals surface area (Å²) in [6.45, 7) is 1.35. The van der Waals surface area contributed by atoms with Crippen molar-refractivity contribution in [2.45, 2.75) is 6.42 Å². The highest BCUT2D eigenvalue weighted by Crippen LogP contribution is 2.31. The first kappa shape index (κ1) is 17.5. The van der Waals surface area contributed by atoms with E-state index >= 15 is 0 Å². The third kappa shape index (κ3) is 3.80. The van der Waals surface area contributed by atoms with Crippen molar-refractivity contribution in [1.29, 1.82) is 5.26 Å². The van der Waals surface area contributed by atoms with Gasteiger partial charge in [0.1, 0.15) is 28.7 Å². The predicted molar refractivity (Wildman–Crippen MR) is 103 cm³/mol. The van der Waals surface area contributed by atoms with E-state index < -0.39 is 5.41 Å². The van der Waals surface area contributed by atoms with E-state index in [1.54, 1.807) is 18.5 Å². The Morgan fingerprint density at radius 2 is 2.19 bits per heavy atom. The molecule has 7 heteroatoms. The van der Waals surface area contributed by atoms with Gasteiger partial charge in [0.25, 0.3) is 0 Å². The number of rotatable bonds is 5. The van der Waals surface area contributed by atoms with Gasteiger partial charge in [-0.1, -0.05) is 11.6 Å². The third-order valence-electron chi connectivity index (χ3n) is 4.58. The molecule has 0 radical (unpaired) electrons. The lowest BCUT2D eigenvalue weighted by Crippen LogP contribution is -2.27. The fourth-order valence-corrected chi connectivity index (χ4v) is 3.11. The van der Waals surface area contributed by atoms with Crippen LogP contribution in [0.4, 0.5) is 11.5 Å². The third-order valence-corrected chi connectivity index (χ3v) is 4.81. The van der Waals surface area contributed by atoms with Gasteiger partial charge in [-0.15, -0.1) is 0 Å². The minimum Gasteiger partial charge on any atom is -0.492 e. The van der Waals surface area contributed by atoms with Gasteiger partial charge in [-0.2, -0.15) is 5.26 Å². The number of benzene rings is 1. The molecule has 0 aliphatic carbocycles. The summed E-state index contributed by atoms with van der Waals surface area (Å²) in [5, 5.41) is 15.1. The summed E-state index contributed by atoms with van der Waals surface area (Å²) in [5.41, 5.74) is 0.249. The minimum absolute atomic E-state index is 0.321. The smallest absolute Gasteiger partial charge is 0.138 e. The van der Waals surface area contributed by atoms with Crippen LogP contribution < -0.4 is 10.1 Å². The highest BCUT2D eigenvalue weighted by atomic mass is 35.5. The fourth-order valence-electron chi connectivity index (χ4n) is 2.99. The zero-order chi connectivity index (χ0) is 18.7. The van der Waals surface area contributed by atoms with Gasteiger partial charge >= 0.3 is 0 Å². The lowest BCUT2D eigenvalue weighted by molar-refractivity contribution is 0.139. The zero-order valence-corrected chi connectivity index (χ0v) is 15.2. The molecular formula is C20H17ClN4O2. The second-order valence-corrected chi connectivity index (χ2v) is 6.91. The van der Waals surface area contributed by atoms with E-state index in [0.29, 0.717) is 37.1 Å². The van der Waals surface area contributed by atoms with Crippen LogP contribution in [0.15, 0.2) is 48.8 Å². The first-order valence-corrected chi connectivity index (χ1v) is 8.94. The molecule has 1 atom stereocenters. The molecule has 4 rings (SSSR count). The molecule has 0 saturated carbocycles. The molecule has 27 heavy (non-hydrogen) atoms. The number of pyridine rings is 2. The monoisotopic (exact) mass is 380 g/mol. The normalized spacial score (nSPS) is 19.0. The Kier molecular flexibility index (Phi) is 4.80. The van der Waals surface area contributed by atoms with Gasteiger partial charge in [-0.05, 0) is 48.2 Å². The first-order valence-electron chi connectivity index (χ1n) is 8.57. The number of fused-ring (bicyclic) bond motifs is 1. The van der Waals surface area contributed by atoms with Crippen LogP contribution in [0.2, 0.25) is 5.15 Å². The molecule has 0 bridgehead atoms. The Balaban J connectivity index is 1.55. The molecule has 1 saturated heterocycles. The van der Waals surface area contributed by atoms with E-state index in [0.717, 1.165) is 22.3 Å². The van der Waals surface area contributed by atoms with Crippen molar-refractivity contribution in [1.82, 2.24) is 9.97 Å². The van der Waals surface area contributed by atoms with Crippen molar-refractivity contribution in [3.63, 3.8) is 0 Å². The topological polar surface area (TPSA) is 80.1 Å². The van der Waals surface area contributed by atoms with Gasteiger partial charge in [0.15, 0.2) is 0 Å². The van der Waals surface area contributed by atoms with E-state index in [9.17, 15) is 5.26 Å². The number of hydrogen-bond acceptors (Lipinski definition) is 6. The maximum atomic E-state index is 9.42. The molecule has 1 aromatic carbocycles. The number of ether oxygens (including phenoxy) is 2. The molecule has 1 fully saturated rings. The lowest BCUT2D eigenvalue weighted by atomic mass is 9.90. The molecule has 1 aliphatic rings. The van der Waals surface area contributed by atoms with Crippen molar-refractivity contribution >= 4 is 33.9 Å². The Bertz CT molecular complexity index is 995. The van der Waals surface area contributed by atoms with Crippen molar-refractivity contribution in [2.24, 2.45) is 5.41 Å². The number of aromatic nitrogens is 2. The highest BCUT2D eigenvalue weighted by Gasteiger charge is 2.36. The summed E-state index contributed by atoms with van der Waals surface area (Å²) in [5.74, 6) is 1.44. The van der Waals surface area contributed by atoms with Crippen molar-refractivity contribution in [2.75, 3.05) is 25.1 Å². The fraction of sp³-hybridized carbons (Fsp3) is 0.250. The second-order valence-electron chi connectivity index (χ2n) is 6.52. The van der Waals surface area contributed by atoms with Gasteiger partial charge in [-0.3, -0.25) is 0 Å². The minimum atomic E-state index is -0.554. The summed E-state index contributed by atoms with van der Waals surface area (Å²) in [4.78, 5) is 8.48. The van der Waals surface area contributed by atoms with E-state index in [1.165, 1.54) is 0 Å². The van der Waals surface area contributed by atoms with Gasteiger partial charge in [0.2, 0.25) is 0 Å². The van der Waals surface area contributed by atoms with E-state index in [-0.39, 0.29) is 0 Å². The molecule has 2 aromatic heterocycles. The number of nitrogens with one attached hydrogen (secondary N) is 1. The lowest BCUT2D eigenvalue weighted by Gasteiger charge is -2.19. The van der Waals surface area contributed by atoms with Crippen LogP contribution in [0.1, 0.15) is 6.42 Å². The number of nitriles is 1. The maximum absolute atomic E-state index is 9.42. The molecule has 3 heterocycles. The Morgan fingerprint density at radius 1 is 1.26 bits per heavy atom. The van der Waals surface area contributed by atoms with Crippen LogP contribution in [0.25, 0.3) is 10.8 Å². The van der Waals surface area contributed by atoms with Crippen molar-refractivity contribution < 1.29 is 9.47 Å². The van der Waals surface area contributed by atoms with Crippen LogP contribution in [-0.4, -0.2) is 29.8 Å². The first-order chi connectivity index (χ1) is 13.2. The molecule has 0 spiro atoms. The predicted octanol–water partition coefficient (Wildman–Crippen LogP) is 4.34. The maximum Gasteiger partial charge on any atom is 0.138 e. The van der Waals surface area contributed by atoms with E-state index in [1.807, 2.05) is 30.3 Å². The number of anilines is 2.